The van der Waals surface area contributed by atoms with Crippen LogP contribution in [0.2, 0.25) is 0 Å². The molecular formula is C11H17NO2. The van der Waals surface area contributed by atoms with E-state index in [1.165, 1.54) is 0 Å². The lowest BCUT2D eigenvalue weighted by atomic mass is 10.2. The summed E-state index contributed by atoms with van der Waals surface area (Å²) < 4.78 is 10.6. The van der Waals surface area contributed by atoms with Gasteiger partial charge in [0.15, 0.2) is 0 Å². The van der Waals surface area contributed by atoms with Gasteiger partial charge in [0, 0.05) is 14.1 Å². The lowest BCUT2D eigenvalue weighted by molar-refractivity contribution is 0.395. The predicted octanol–water partition coefficient (Wildman–Crippen LogP) is 2.08. The molecule has 0 aliphatic heterocycles. The molecule has 0 fully saturated rings. The van der Waals surface area contributed by atoms with Crippen molar-refractivity contribution in [3.05, 3.63) is 17.7 Å². The molecule has 0 heterocycles. The normalized spacial score (nSPS) is 9.79. The van der Waals surface area contributed by atoms with Crippen molar-refractivity contribution in [3.63, 3.8) is 0 Å². The van der Waals surface area contributed by atoms with Gasteiger partial charge in [0.25, 0.3) is 0 Å². The van der Waals surface area contributed by atoms with Crippen molar-refractivity contribution in [1.82, 2.24) is 0 Å². The molecule has 14 heavy (non-hydrogen) atoms. The number of hydrogen-bond donors (Lipinski definition) is 0. The molecule has 0 radical (unpaired) electrons. The highest BCUT2D eigenvalue weighted by Crippen LogP contribution is 2.37. The molecule has 0 aliphatic carbocycles. The predicted molar refractivity (Wildman–Crippen MR) is 58.6 cm³/mol. The van der Waals surface area contributed by atoms with Crippen molar-refractivity contribution in [3.8, 4) is 11.5 Å². The minimum absolute atomic E-state index is 0.840. The number of ether oxygens (including phenoxy) is 2. The van der Waals surface area contributed by atoms with Gasteiger partial charge in [0.1, 0.15) is 17.2 Å². The third-order valence-electron chi connectivity index (χ3n) is 2.07. The maximum absolute atomic E-state index is 5.31. The third-order valence-corrected chi connectivity index (χ3v) is 2.07. The van der Waals surface area contributed by atoms with E-state index in [0.29, 0.717) is 0 Å². The van der Waals surface area contributed by atoms with Gasteiger partial charge in [-0.2, -0.15) is 0 Å². The lowest BCUT2D eigenvalue weighted by Crippen LogP contribution is -2.11. The fourth-order valence-corrected chi connectivity index (χ4v) is 1.47. The van der Waals surface area contributed by atoms with Gasteiger partial charge >= 0.3 is 0 Å². The Morgan fingerprint density at radius 2 is 1.43 bits per heavy atom. The molecule has 0 amide bonds. The van der Waals surface area contributed by atoms with Gasteiger partial charge in [-0.15, -0.1) is 0 Å². The SMILES string of the molecule is COc1cc(C)cc(OC)c1N(C)C. The maximum Gasteiger partial charge on any atom is 0.146 e. The highest BCUT2D eigenvalue weighted by Gasteiger charge is 2.12. The maximum atomic E-state index is 5.31. The Morgan fingerprint density at radius 1 is 1.00 bits per heavy atom. The summed E-state index contributed by atoms with van der Waals surface area (Å²) in [6, 6.07) is 4.00. The third kappa shape index (κ3) is 1.92. The van der Waals surface area contributed by atoms with Crippen molar-refractivity contribution >= 4 is 5.69 Å². The largest absolute Gasteiger partial charge is 0.494 e. The molecule has 1 aromatic rings. The van der Waals surface area contributed by atoms with E-state index in [-0.39, 0.29) is 0 Å². The van der Waals surface area contributed by atoms with Crippen LogP contribution >= 0.6 is 0 Å². The highest BCUT2D eigenvalue weighted by atomic mass is 16.5. The molecule has 1 aromatic carbocycles. The molecule has 0 atom stereocenters. The zero-order chi connectivity index (χ0) is 10.7. The second kappa shape index (κ2) is 4.22. The number of benzene rings is 1. The van der Waals surface area contributed by atoms with Crippen LogP contribution in [0.3, 0.4) is 0 Å². The van der Waals surface area contributed by atoms with Crippen molar-refractivity contribution < 1.29 is 9.47 Å². The monoisotopic (exact) mass is 195 g/mol. The van der Waals surface area contributed by atoms with E-state index in [2.05, 4.69) is 0 Å². The molecular weight excluding hydrogens is 178 g/mol. The number of aryl methyl sites for hydroxylation is 1. The van der Waals surface area contributed by atoms with E-state index in [9.17, 15) is 0 Å². The first-order chi connectivity index (χ1) is 6.60. The molecule has 3 nitrogen and oxygen atoms in total. The average molecular weight is 195 g/mol. The molecule has 0 unspecified atom stereocenters. The van der Waals surface area contributed by atoms with E-state index in [1.54, 1.807) is 14.2 Å². The summed E-state index contributed by atoms with van der Waals surface area (Å²) in [5, 5.41) is 0. The van der Waals surface area contributed by atoms with Crippen LogP contribution < -0.4 is 14.4 Å². The standard InChI is InChI=1S/C11H17NO2/c1-8-6-9(13-4)11(12(2)3)10(7-8)14-5/h6-7H,1-5H3. The zero-order valence-corrected chi connectivity index (χ0v) is 9.42. The van der Waals surface area contributed by atoms with Crippen molar-refractivity contribution in [2.24, 2.45) is 0 Å². The summed E-state index contributed by atoms with van der Waals surface area (Å²) in [7, 11) is 7.27. The van der Waals surface area contributed by atoms with Gasteiger partial charge in [-0.05, 0) is 24.6 Å². The summed E-state index contributed by atoms with van der Waals surface area (Å²) in [5.74, 6) is 1.68. The van der Waals surface area contributed by atoms with Gasteiger partial charge in [0.2, 0.25) is 0 Å². The Hall–Kier alpha value is -1.38. The van der Waals surface area contributed by atoms with E-state index >= 15 is 0 Å². The molecule has 3 heteroatoms. The first-order valence-electron chi connectivity index (χ1n) is 4.50. The van der Waals surface area contributed by atoms with Gasteiger partial charge in [0.05, 0.1) is 14.2 Å². The quantitative estimate of drug-likeness (QED) is 0.737. The Balaban J connectivity index is 3.33. The van der Waals surface area contributed by atoms with Gasteiger partial charge in [-0.1, -0.05) is 0 Å². The van der Waals surface area contributed by atoms with Crippen LogP contribution in [0.25, 0.3) is 0 Å². The fraction of sp³-hybridized carbons (Fsp3) is 0.455. The smallest absolute Gasteiger partial charge is 0.146 e. The van der Waals surface area contributed by atoms with Gasteiger partial charge in [-0.3, -0.25) is 0 Å². The molecule has 0 aromatic heterocycles. The number of methoxy groups -OCH3 is 2. The van der Waals surface area contributed by atoms with E-state index in [4.69, 9.17) is 9.47 Å². The molecule has 0 N–H and O–H groups in total. The van der Waals surface area contributed by atoms with Crippen LogP contribution in [0.15, 0.2) is 12.1 Å². The van der Waals surface area contributed by atoms with Crippen LogP contribution in [0, 0.1) is 6.92 Å². The molecule has 78 valence electrons. The van der Waals surface area contributed by atoms with E-state index in [1.807, 2.05) is 38.1 Å². The van der Waals surface area contributed by atoms with Crippen molar-refractivity contribution in [1.29, 1.82) is 0 Å². The van der Waals surface area contributed by atoms with Gasteiger partial charge < -0.3 is 14.4 Å². The first kappa shape index (κ1) is 10.7. The molecule has 0 spiro atoms. The first-order valence-corrected chi connectivity index (χ1v) is 4.50. The Morgan fingerprint density at radius 3 is 1.71 bits per heavy atom. The van der Waals surface area contributed by atoms with Crippen LogP contribution in [-0.2, 0) is 0 Å². The van der Waals surface area contributed by atoms with E-state index in [0.717, 1.165) is 22.7 Å². The summed E-state index contributed by atoms with van der Waals surface area (Å²) in [5.41, 5.74) is 2.10. The topological polar surface area (TPSA) is 21.7 Å². The van der Waals surface area contributed by atoms with Gasteiger partial charge in [-0.25, -0.2) is 0 Å². The minimum atomic E-state index is 0.840. The van der Waals surface area contributed by atoms with Crippen LogP contribution in [0.5, 0.6) is 11.5 Å². The van der Waals surface area contributed by atoms with Crippen molar-refractivity contribution in [2.75, 3.05) is 33.2 Å². The lowest BCUT2D eigenvalue weighted by Gasteiger charge is -2.20. The van der Waals surface area contributed by atoms with E-state index < -0.39 is 0 Å². The molecule has 0 saturated carbocycles. The summed E-state index contributed by atoms with van der Waals surface area (Å²) in [4.78, 5) is 1.98. The average Bonchev–Trinajstić information content (AvgIpc) is 2.15. The van der Waals surface area contributed by atoms with Crippen LogP contribution in [0.4, 0.5) is 5.69 Å². The Kier molecular flexibility index (Phi) is 3.23. The molecule has 0 saturated heterocycles. The Bertz CT molecular complexity index is 296. The summed E-state index contributed by atoms with van der Waals surface area (Å²) in [6.45, 7) is 2.02. The summed E-state index contributed by atoms with van der Waals surface area (Å²) >= 11 is 0. The van der Waals surface area contributed by atoms with Crippen LogP contribution in [0.1, 0.15) is 5.56 Å². The zero-order valence-electron chi connectivity index (χ0n) is 9.42. The number of hydrogen-bond acceptors (Lipinski definition) is 3. The Labute approximate surface area is 85.2 Å². The molecule has 0 aliphatic rings. The fourth-order valence-electron chi connectivity index (χ4n) is 1.47. The highest BCUT2D eigenvalue weighted by molar-refractivity contribution is 5.68. The second-order valence-electron chi connectivity index (χ2n) is 3.41. The minimum Gasteiger partial charge on any atom is -0.494 e. The number of nitrogens with zero attached hydrogens (tertiary/aromatic N) is 1. The number of anilines is 1. The van der Waals surface area contributed by atoms with Crippen molar-refractivity contribution in [2.45, 2.75) is 6.92 Å². The molecule has 0 bridgehead atoms. The number of rotatable bonds is 3. The molecule has 1 rings (SSSR count). The summed E-state index contributed by atoms with van der Waals surface area (Å²) in [6.07, 6.45) is 0. The van der Waals surface area contributed by atoms with Crippen LogP contribution in [-0.4, -0.2) is 28.3 Å². The second-order valence-corrected chi connectivity index (χ2v) is 3.41.